The fourth-order valence-corrected chi connectivity index (χ4v) is 4.31. The average molecular weight is 678 g/mol. The highest BCUT2D eigenvalue weighted by atomic mass is 79.9. The van der Waals surface area contributed by atoms with Crippen molar-refractivity contribution in [3.63, 3.8) is 0 Å². The van der Waals surface area contributed by atoms with Crippen molar-refractivity contribution in [2.45, 2.75) is 30.8 Å². The van der Waals surface area contributed by atoms with E-state index < -0.39 is 64.0 Å². The van der Waals surface area contributed by atoms with Gasteiger partial charge < -0.3 is 25.8 Å². The summed E-state index contributed by atoms with van der Waals surface area (Å²) in [4.78, 5) is 12.6. The van der Waals surface area contributed by atoms with Crippen LogP contribution in [0, 0.1) is 5.82 Å². The Bertz CT molecular complexity index is 1420. The van der Waals surface area contributed by atoms with Crippen molar-refractivity contribution in [3.8, 4) is 11.5 Å². The molecule has 6 nitrogen and oxygen atoms in total. The normalized spacial score (nSPS) is 13.1. The predicted octanol–water partition coefficient (Wildman–Crippen LogP) is 7.81. The van der Waals surface area contributed by atoms with Gasteiger partial charge in [-0.15, -0.1) is 0 Å². The van der Waals surface area contributed by atoms with Crippen LogP contribution in [-0.2, 0) is 5.67 Å². The monoisotopic (exact) mass is 677 g/mol. The summed E-state index contributed by atoms with van der Waals surface area (Å²) in [5, 5.41) is 4.90. The Labute approximate surface area is 238 Å². The number of benzene rings is 3. The molecule has 0 spiro atoms. The Morgan fingerprint density at radius 2 is 1.55 bits per heavy atom. The first-order valence-electron chi connectivity index (χ1n) is 11.3. The topological polar surface area (TPSA) is 85.6 Å². The Morgan fingerprint density at radius 1 is 0.952 bits per heavy atom. The molecule has 3 aromatic rings. The van der Waals surface area contributed by atoms with Gasteiger partial charge in [-0.2, -0.15) is 35.1 Å². The van der Waals surface area contributed by atoms with Gasteiger partial charge in [0, 0.05) is 21.2 Å². The second-order valence-electron chi connectivity index (χ2n) is 8.37. The molecule has 1 unspecified atom stereocenters. The molecule has 0 radical (unpaired) electrons. The van der Waals surface area contributed by atoms with Gasteiger partial charge in [-0.3, -0.25) is 4.79 Å². The van der Waals surface area contributed by atoms with Gasteiger partial charge in [-0.05, 0) is 58.4 Å². The van der Waals surface area contributed by atoms with E-state index in [0.717, 1.165) is 12.1 Å². The van der Waals surface area contributed by atoms with Gasteiger partial charge in [0.25, 0.3) is 5.91 Å². The first-order chi connectivity index (χ1) is 19.4. The van der Waals surface area contributed by atoms with Gasteiger partial charge in [-0.1, -0.05) is 12.1 Å². The van der Waals surface area contributed by atoms with Crippen molar-refractivity contribution < 1.29 is 58.2 Å². The van der Waals surface area contributed by atoms with Crippen LogP contribution in [0.15, 0.2) is 59.1 Å². The molecule has 0 saturated carbocycles. The minimum atomic E-state index is -6.52. The summed E-state index contributed by atoms with van der Waals surface area (Å²) in [6.45, 7) is -3.76. The van der Waals surface area contributed by atoms with E-state index in [9.17, 15) is 48.7 Å². The number of carbonyl (C=O) groups is 1. The zero-order valence-corrected chi connectivity index (χ0v) is 22.4. The van der Waals surface area contributed by atoms with Crippen LogP contribution in [0.2, 0.25) is 0 Å². The van der Waals surface area contributed by atoms with Gasteiger partial charge >= 0.3 is 24.6 Å². The average Bonchev–Trinajstić information content (AvgIpc) is 2.88. The third-order valence-corrected chi connectivity index (χ3v) is 6.31. The molecule has 3 rings (SSSR count). The van der Waals surface area contributed by atoms with Gasteiger partial charge in [0.05, 0.1) is 18.5 Å². The number of alkyl halides is 9. The van der Waals surface area contributed by atoms with E-state index in [4.69, 9.17) is 10.5 Å². The largest absolute Gasteiger partial charge is 0.494 e. The number of anilines is 2. The number of methoxy groups -OCH3 is 1. The van der Waals surface area contributed by atoms with Crippen LogP contribution in [0.4, 0.5) is 55.3 Å². The molecule has 0 aromatic heterocycles. The van der Waals surface area contributed by atoms with Crippen molar-refractivity contribution in [2.75, 3.05) is 17.7 Å². The number of halogens is 11. The van der Waals surface area contributed by atoms with Gasteiger partial charge in [0.1, 0.15) is 17.7 Å². The van der Waals surface area contributed by atoms with Crippen LogP contribution >= 0.6 is 15.9 Å². The number of rotatable bonds is 9. The van der Waals surface area contributed by atoms with Crippen LogP contribution in [0.1, 0.15) is 27.7 Å². The van der Waals surface area contributed by atoms with E-state index in [1.807, 2.05) is 0 Å². The molecule has 0 saturated heterocycles. The Morgan fingerprint density at radius 3 is 2.07 bits per heavy atom. The molecule has 42 heavy (non-hydrogen) atoms. The minimum Gasteiger partial charge on any atom is -0.494 e. The Kier molecular flexibility index (Phi) is 9.56. The van der Waals surface area contributed by atoms with Crippen molar-refractivity contribution in [2.24, 2.45) is 5.73 Å². The molecule has 0 heterocycles. The number of hydrogen-bond acceptors (Lipinski definition) is 5. The van der Waals surface area contributed by atoms with Gasteiger partial charge in [-0.25, -0.2) is 8.78 Å². The summed E-state index contributed by atoms with van der Waals surface area (Å²) in [5.74, 6) is -2.68. The summed E-state index contributed by atoms with van der Waals surface area (Å²) in [7, 11) is 1.17. The quantitative estimate of drug-likeness (QED) is 0.159. The van der Waals surface area contributed by atoms with E-state index in [1.165, 1.54) is 37.4 Å². The Balaban J connectivity index is 2.03. The molecule has 17 heteroatoms. The van der Waals surface area contributed by atoms with Crippen molar-refractivity contribution in [1.82, 2.24) is 0 Å². The molecule has 0 aliphatic heterocycles. The van der Waals surface area contributed by atoms with Crippen molar-refractivity contribution in [3.05, 3.63) is 81.6 Å². The summed E-state index contributed by atoms with van der Waals surface area (Å²) in [6.07, 6.45) is -14.5. The highest BCUT2D eigenvalue weighted by Crippen LogP contribution is 2.55. The lowest BCUT2D eigenvalue weighted by atomic mass is 9.93. The zero-order chi connectivity index (χ0) is 31.6. The highest BCUT2D eigenvalue weighted by Gasteiger charge is 2.73. The molecule has 228 valence electrons. The minimum absolute atomic E-state index is 0.0128. The van der Waals surface area contributed by atoms with Crippen LogP contribution in [-0.4, -0.2) is 32.0 Å². The number of ether oxygens (including phenoxy) is 2. The predicted molar refractivity (Wildman–Crippen MR) is 134 cm³/mol. The van der Waals surface area contributed by atoms with E-state index >= 15 is 0 Å². The van der Waals surface area contributed by atoms with E-state index in [-0.39, 0.29) is 34.7 Å². The summed E-state index contributed by atoms with van der Waals surface area (Å²) in [5.41, 5.74) is -2.48. The lowest BCUT2D eigenvalue weighted by Crippen LogP contribution is -2.50. The maximum absolute atomic E-state index is 14.7. The molecule has 0 aliphatic rings. The highest BCUT2D eigenvalue weighted by molar-refractivity contribution is 9.10. The fraction of sp³-hybridized carbons (Fsp3) is 0.240. The number of hydrogen-bond donors (Lipinski definition) is 3. The second-order valence-corrected chi connectivity index (χ2v) is 9.23. The third-order valence-electron chi connectivity index (χ3n) is 5.69. The smallest absolute Gasteiger partial charge is 0.435 e. The lowest BCUT2D eigenvalue weighted by Gasteiger charge is -2.31. The van der Waals surface area contributed by atoms with E-state index in [1.54, 1.807) is 0 Å². The first kappa shape index (κ1) is 32.8. The van der Waals surface area contributed by atoms with Crippen LogP contribution < -0.4 is 25.8 Å². The SMILES string of the molecule is COc1c(NC(=O)c2ccc(F)cc2)cccc1C(N)Nc1c(Br)cc(C(F)(C(F)(F)F)C(F)(F)F)cc1OC(F)F. The summed E-state index contributed by atoms with van der Waals surface area (Å²) >= 11 is 2.67. The van der Waals surface area contributed by atoms with Gasteiger partial charge in [0.2, 0.25) is 0 Å². The molecular weight excluding hydrogens is 660 g/mol. The molecule has 1 atom stereocenters. The Hall–Kier alpha value is -3.73. The maximum Gasteiger partial charge on any atom is 0.435 e. The summed E-state index contributed by atoms with van der Waals surface area (Å²) < 4.78 is 142. The third kappa shape index (κ3) is 6.67. The fourth-order valence-electron chi connectivity index (χ4n) is 3.75. The van der Waals surface area contributed by atoms with Crippen LogP contribution in [0.25, 0.3) is 0 Å². The standard InChI is InChI=1S/C25H18BrF10N3O3/c1-41-19-14(3-2-4-16(19)38-21(40)11-5-7-13(27)8-6-11)20(37)39-18-15(26)9-12(10-17(18)42-22(28)29)23(30,24(31,32)33)25(34,35)36/h2-10,20,22,39H,37H2,1H3,(H,38,40). The zero-order valence-electron chi connectivity index (χ0n) is 20.8. The molecule has 4 N–H and O–H groups in total. The van der Waals surface area contributed by atoms with Crippen LogP contribution in [0.5, 0.6) is 11.5 Å². The van der Waals surface area contributed by atoms with Crippen molar-refractivity contribution in [1.29, 1.82) is 0 Å². The van der Waals surface area contributed by atoms with E-state index in [0.29, 0.717) is 0 Å². The maximum atomic E-state index is 14.7. The molecule has 0 bridgehead atoms. The molecule has 1 amide bonds. The molecule has 3 aromatic carbocycles. The number of carbonyl (C=O) groups excluding carboxylic acids is 1. The molecular formula is C25H18BrF10N3O3. The molecule has 0 fully saturated rings. The number of para-hydroxylation sites is 1. The van der Waals surface area contributed by atoms with Gasteiger partial charge in [0.15, 0.2) is 5.75 Å². The molecule has 0 aliphatic carbocycles. The van der Waals surface area contributed by atoms with E-state index in [2.05, 4.69) is 31.3 Å². The number of nitrogens with one attached hydrogen (secondary N) is 2. The number of amides is 1. The summed E-state index contributed by atoms with van der Waals surface area (Å²) in [6, 6.07) is 8.48. The van der Waals surface area contributed by atoms with Crippen molar-refractivity contribution >= 4 is 33.2 Å². The number of nitrogens with two attached hydrogens (primary N) is 1. The van der Waals surface area contributed by atoms with Crippen LogP contribution in [0.3, 0.4) is 0 Å². The second kappa shape index (κ2) is 12.2. The first-order valence-corrected chi connectivity index (χ1v) is 12.1. The lowest BCUT2D eigenvalue weighted by molar-refractivity contribution is -0.348.